The lowest BCUT2D eigenvalue weighted by atomic mass is 10.1. The molecule has 20 heavy (non-hydrogen) atoms. The van der Waals surface area contributed by atoms with Crippen LogP contribution in [0, 0.1) is 25.3 Å². The smallest absolute Gasteiger partial charge is 0.182 e. The van der Waals surface area contributed by atoms with Gasteiger partial charge in [-0.2, -0.15) is 5.26 Å². The van der Waals surface area contributed by atoms with E-state index in [1.807, 2.05) is 12.3 Å². The summed E-state index contributed by atoms with van der Waals surface area (Å²) in [5.74, 6) is 1.78. The van der Waals surface area contributed by atoms with Crippen molar-refractivity contribution in [3.8, 4) is 6.19 Å². The molecule has 2 N–H and O–H groups in total. The summed E-state index contributed by atoms with van der Waals surface area (Å²) in [4.78, 5) is 8.50. The zero-order valence-electron chi connectivity index (χ0n) is 11.9. The molecule has 0 fully saturated rings. The Hall–Kier alpha value is -2.61. The first kappa shape index (κ1) is 13.8. The van der Waals surface area contributed by atoms with Gasteiger partial charge in [-0.3, -0.25) is 5.32 Å². The molecule has 0 aliphatic carbocycles. The van der Waals surface area contributed by atoms with Crippen molar-refractivity contribution in [1.82, 2.24) is 9.97 Å². The zero-order valence-corrected chi connectivity index (χ0v) is 11.9. The van der Waals surface area contributed by atoms with Gasteiger partial charge in [0.2, 0.25) is 0 Å². The van der Waals surface area contributed by atoms with Crippen molar-refractivity contribution in [3.63, 3.8) is 0 Å². The Morgan fingerprint density at radius 2 is 1.95 bits per heavy atom. The van der Waals surface area contributed by atoms with Crippen LogP contribution in [0.25, 0.3) is 0 Å². The van der Waals surface area contributed by atoms with Gasteiger partial charge in [0.1, 0.15) is 17.5 Å². The summed E-state index contributed by atoms with van der Waals surface area (Å²) in [6.07, 6.45) is 2.81. The SMILES string of the molecule is CCc1cccc(C)c1Nc1cc(NC#N)nc(C)n1. The van der Waals surface area contributed by atoms with Crippen LogP contribution < -0.4 is 10.6 Å². The molecule has 0 saturated heterocycles. The summed E-state index contributed by atoms with van der Waals surface area (Å²) in [6, 6.07) is 7.93. The third-order valence-corrected chi connectivity index (χ3v) is 3.01. The van der Waals surface area contributed by atoms with Gasteiger partial charge in [0.25, 0.3) is 0 Å². The van der Waals surface area contributed by atoms with Crippen LogP contribution in [0.3, 0.4) is 0 Å². The second kappa shape index (κ2) is 6.02. The molecule has 0 saturated carbocycles. The maximum atomic E-state index is 8.68. The van der Waals surface area contributed by atoms with Crippen molar-refractivity contribution in [1.29, 1.82) is 5.26 Å². The second-order valence-corrected chi connectivity index (χ2v) is 4.51. The van der Waals surface area contributed by atoms with Gasteiger partial charge in [0.05, 0.1) is 0 Å². The molecule has 0 radical (unpaired) electrons. The van der Waals surface area contributed by atoms with E-state index in [0.717, 1.165) is 17.7 Å². The van der Waals surface area contributed by atoms with Crippen molar-refractivity contribution in [2.24, 2.45) is 0 Å². The van der Waals surface area contributed by atoms with Gasteiger partial charge in [-0.25, -0.2) is 9.97 Å². The van der Waals surface area contributed by atoms with Crippen molar-refractivity contribution in [2.45, 2.75) is 27.2 Å². The molecule has 0 atom stereocenters. The third-order valence-electron chi connectivity index (χ3n) is 3.01. The van der Waals surface area contributed by atoms with Crippen LogP contribution in [-0.4, -0.2) is 9.97 Å². The average Bonchev–Trinajstić information content (AvgIpc) is 2.41. The zero-order chi connectivity index (χ0) is 14.5. The van der Waals surface area contributed by atoms with Crippen molar-refractivity contribution < 1.29 is 0 Å². The number of aryl methyl sites for hydroxylation is 3. The summed E-state index contributed by atoms with van der Waals surface area (Å²) in [7, 11) is 0. The number of anilines is 3. The predicted molar refractivity (Wildman–Crippen MR) is 79.8 cm³/mol. The minimum absolute atomic E-state index is 0.495. The fourth-order valence-electron chi connectivity index (χ4n) is 2.08. The molecule has 0 unspecified atom stereocenters. The number of hydrogen-bond acceptors (Lipinski definition) is 5. The number of benzene rings is 1. The van der Waals surface area contributed by atoms with E-state index in [-0.39, 0.29) is 0 Å². The Labute approximate surface area is 118 Å². The van der Waals surface area contributed by atoms with Crippen molar-refractivity contribution in [2.75, 3.05) is 10.6 Å². The highest BCUT2D eigenvalue weighted by molar-refractivity contribution is 5.66. The van der Waals surface area contributed by atoms with Crippen LogP contribution in [0.1, 0.15) is 23.9 Å². The maximum absolute atomic E-state index is 8.68. The van der Waals surface area contributed by atoms with Crippen molar-refractivity contribution >= 4 is 17.3 Å². The normalized spacial score (nSPS) is 9.90. The lowest BCUT2D eigenvalue weighted by molar-refractivity contribution is 1.05. The molecule has 2 rings (SSSR count). The highest BCUT2D eigenvalue weighted by Gasteiger charge is 2.07. The molecule has 0 amide bonds. The van der Waals surface area contributed by atoms with Crippen LogP contribution in [0.2, 0.25) is 0 Å². The second-order valence-electron chi connectivity index (χ2n) is 4.51. The van der Waals surface area contributed by atoms with E-state index in [1.165, 1.54) is 5.56 Å². The number of nitriles is 1. The number of hydrogen-bond donors (Lipinski definition) is 2. The van der Waals surface area contributed by atoms with Gasteiger partial charge in [0, 0.05) is 11.8 Å². The first-order valence-electron chi connectivity index (χ1n) is 6.50. The molecule has 0 spiro atoms. The molecular formula is C15H17N5. The summed E-state index contributed by atoms with van der Waals surface area (Å²) < 4.78 is 0. The first-order chi connectivity index (χ1) is 9.63. The Morgan fingerprint density at radius 3 is 2.65 bits per heavy atom. The topological polar surface area (TPSA) is 73.6 Å². The van der Waals surface area contributed by atoms with Gasteiger partial charge < -0.3 is 5.32 Å². The van der Waals surface area contributed by atoms with Crippen LogP contribution in [0.4, 0.5) is 17.3 Å². The minimum Gasteiger partial charge on any atom is -0.340 e. The van der Waals surface area contributed by atoms with Gasteiger partial charge in [0.15, 0.2) is 6.19 Å². The lowest BCUT2D eigenvalue weighted by Crippen LogP contribution is -2.03. The van der Waals surface area contributed by atoms with Gasteiger partial charge >= 0.3 is 0 Å². The summed E-state index contributed by atoms with van der Waals surface area (Å²) in [5.41, 5.74) is 3.46. The molecule has 5 heteroatoms. The van der Waals surface area contributed by atoms with E-state index in [4.69, 9.17) is 5.26 Å². The largest absolute Gasteiger partial charge is 0.340 e. The fourth-order valence-corrected chi connectivity index (χ4v) is 2.08. The third kappa shape index (κ3) is 3.04. The van der Waals surface area contributed by atoms with Crippen LogP contribution >= 0.6 is 0 Å². The Morgan fingerprint density at radius 1 is 1.20 bits per heavy atom. The Kier molecular flexibility index (Phi) is 4.16. The number of nitrogens with one attached hydrogen (secondary N) is 2. The summed E-state index contributed by atoms with van der Waals surface area (Å²) in [6.45, 7) is 5.98. The van der Waals surface area contributed by atoms with E-state index in [2.05, 4.69) is 46.6 Å². The maximum Gasteiger partial charge on any atom is 0.182 e. The van der Waals surface area contributed by atoms with E-state index in [1.54, 1.807) is 13.0 Å². The van der Waals surface area contributed by atoms with Gasteiger partial charge in [-0.05, 0) is 31.4 Å². The molecule has 102 valence electrons. The monoisotopic (exact) mass is 267 g/mol. The average molecular weight is 267 g/mol. The number of aromatic nitrogens is 2. The van der Waals surface area contributed by atoms with E-state index >= 15 is 0 Å². The highest BCUT2D eigenvalue weighted by Crippen LogP contribution is 2.25. The molecule has 1 aromatic heterocycles. The number of para-hydroxylation sites is 1. The van der Waals surface area contributed by atoms with Crippen LogP contribution in [0.15, 0.2) is 24.3 Å². The lowest BCUT2D eigenvalue weighted by Gasteiger charge is -2.14. The van der Waals surface area contributed by atoms with Crippen LogP contribution in [-0.2, 0) is 6.42 Å². The van der Waals surface area contributed by atoms with Gasteiger partial charge in [-0.15, -0.1) is 0 Å². The summed E-state index contributed by atoms with van der Waals surface area (Å²) in [5, 5.41) is 14.5. The standard InChI is InChI=1S/C15H17N5/c1-4-12-7-5-6-10(2)15(12)20-14-8-13(17-9-16)18-11(3)19-14/h5-8H,4H2,1-3H3,(H2,17,18,19,20). The quantitative estimate of drug-likeness (QED) is 0.657. The van der Waals surface area contributed by atoms with E-state index in [0.29, 0.717) is 17.5 Å². The van der Waals surface area contributed by atoms with E-state index < -0.39 is 0 Å². The molecule has 0 bridgehead atoms. The minimum atomic E-state index is 0.495. The first-order valence-corrected chi connectivity index (χ1v) is 6.50. The Bertz CT molecular complexity index is 658. The molecule has 0 aliphatic heterocycles. The van der Waals surface area contributed by atoms with E-state index in [9.17, 15) is 0 Å². The number of rotatable bonds is 4. The molecule has 1 aromatic carbocycles. The molecule has 2 aromatic rings. The van der Waals surface area contributed by atoms with Gasteiger partial charge in [-0.1, -0.05) is 25.1 Å². The number of nitrogens with zero attached hydrogens (tertiary/aromatic N) is 3. The molecule has 5 nitrogen and oxygen atoms in total. The molecular weight excluding hydrogens is 250 g/mol. The van der Waals surface area contributed by atoms with Crippen LogP contribution in [0.5, 0.6) is 0 Å². The predicted octanol–water partition coefficient (Wildman–Crippen LogP) is 3.29. The molecule has 1 heterocycles. The summed E-state index contributed by atoms with van der Waals surface area (Å²) >= 11 is 0. The Balaban J connectivity index is 2.38. The molecule has 0 aliphatic rings. The van der Waals surface area contributed by atoms with Crippen molar-refractivity contribution in [3.05, 3.63) is 41.2 Å². The fraction of sp³-hybridized carbons (Fsp3) is 0.267. The highest BCUT2D eigenvalue weighted by atomic mass is 15.1.